The minimum Gasteiger partial charge on any atom is -0.457 e. The van der Waals surface area contributed by atoms with Crippen LogP contribution in [0.15, 0.2) is 30.3 Å². The molecule has 0 N–H and O–H groups in total. The van der Waals surface area contributed by atoms with Gasteiger partial charge in [-0.3, -0.25) is 0 Å². The van der Waals surface area contributed by atoms with Crippen molar-refractivity contribution in [2.45, 2.75) is 51.9 Å². The fraction of sp³-hybridized carbons (Fsp3) is 0.421. The van der Waals surface area contributed by atoms with Crippen LogP contribution in [-0.4, -0.2) is 14.0 Å². The lowest BCUT2D eigenvalue weighted by molar-refractivity contribution is 0.0473. The van der Waals surface area contributed by atoms with Crippen LogP contribution in [-0.2, 0) is 24.2 Å². The van der Waals surface area contributed by atoms with Gasteiger partial charge in [-0.1, -0.05) is 50.0 Å². The van der Waals surface area contributed by atoms with Crippen LogP contribution in [0.2, 0.25) is 19.6 Å². The van der Waals surface area contributed by atoms with Gasteiger partial charge in [-0.25, -0.2) is 4.79 Å². The number of carbonyl (C=O) groups excluding carboxylic acids is 1. The van der Waals surface area contributed by atoms with Crippen molar-refractivity contribution < 1.29 is 9.53 Å². The molecule has 1 aromatic heterocycles. The Kier molecular flexibility index (Phi) is 4.73. The Morgan fingerprint density at radius 3 is 2.52 bits per heavy atom. The summed E-state index contributed by atoms with van der Waals surface area (Å²) >= 11 is 1.88. The molecule has 0 atom stereocenters. The maximum Gasteiger partial charge on any atom is 0.339 e. The van der Waals surface area contributed by atoms with Crippen LogP contribution in [0.5, 0.6) is 0 Å². The standard InChI is InChI=1S/C19H24O2SSi/c1-23(2,3)19-17(15-11-7-8-12-16(15)22-19)18(20)21-13-14-9-5-4-6-10-14/h4-6,9-10H,7-8,11-13H2,1-3H3. The first-order valence-corrected chi connectivity index (χ1v) is 12.6. The second kappa shape index (κ2) is 6.61. The fourth-order valence-corrected chi connectivity index (χ4v) is 6.83. The van der Waals surface area contributed by atoms with Crippen molar-refractivity contribution in [2.75, 3.05) is 0 Å². The van der Waals surface area contributed by atoms with E-state index >= 15 is 0 Å². The highest BCUT2D eigenvalue weighted by molar-refractivity contribution is 7.27. The number of ether oxygens (including phenoxy) is 1. The number of hydrogen-bond donors (Lipinski definition) is 0. The number of rotatable bonds is 4. The van der Waals surface area contributed by atoms with E-state index in [9.17, 15) is 4.79 Å². The van der Waals surface area contributed by atoms with Gasteiger partial charge in [-0.2, -0.15) is 0 Å². The Bertz CT molecular complexity index is 698. The topological polar surface area (TPSA) is 26.3 Å². The molecule has 1 aliphatic rings. The first-order valence-electron chi connectivity index (χ1n) is 8.33. The molecule has 1 aromatic carbocycles. The molecule has 3 rings (SSSR count). The zero-order chi connectivity index (χ0) is 16.4. The molecule has 0 bridgehead atoms. The zero-order valence-corrected chi connectivity index (χ0v) is 16.0. The number of fused-ring (bicyclic) bond motifs is 1. The molecule has 2 nitrogen and oxygen atoms in total. The fourth-order valence-electron chi connectivity index (χ4n) is 3.11. The van der Waals surface area contributed by atoms with Crippen molar-refractivity contribution in [3.8, 4) is 0 Å². The molecule has 23 heavy (non-hydrogen) atoms. The Morgan fingerprint density at radius 1 is 1.13 bits per heavy atom. The monoisotopic (exact) mass is 344 g/mol. The van der Waals surface area contributed by atoms with Crippen LogP contribution >= 0.6 is 11.3 Å². The van der Waals surface area contributed by atoms with Gasteiger partial charge in [-0.05, 0) is 36.8 Å². The highest BCUT2D eigenvalue weighted by Crippen LogP contribution is 2.31. The molecule has 1 aliphatic carbocycles. The quantitative estimate of drug-likeness (QED) is 0.602. The summed E-state index contributed by atoms with van der Waals surface area (Å²) in [5.41, 5.74) is 3.25. The molecule has 0 fully saturated rings. The highest BCUT2D eigenvalue weighted by Gasteiger charge is 2.32. The molecule has 1 heterocycles. The summed E-state index contributed by atoms with van der Waals surface area (Å²) in [5.74, 6) is -0.120. The van der Waals surface area contributed by atoms with Crippen LogP contribution in [0.1, 0.15) is 39.2 Å². The second-order valence-electron chi connectivity index (χ2n) is 7.23. The lowest BCUT2D eigenvalue weighted by atomic mass is 9.96. The maximum absolute atomic E-state index is 12.8. The van der Waals surface area contributed by atoms with Crippen molar-refractivity contribution >= 4 is 29.9 Å². The summed E-state index contributed by atoms with van der Waals surface area (Å²) in [6.45, 7) is 7.31. The van der Waals surface area contributed by atoms with Gasteiger partial charge in [-0.15, -0.1) is 11.3 Å². The van der Waals surface area contributed by atoms with Crippen molar-refractivity contribution in [3.63, 3.8) is 0 Å². The molecule has 0 unspecified atom stereocenters. The molecule has 2 aromatic rings. The largest absolute Gasteiger partial charge is 0.457 e. The summed E-state index contributed by atoms with van der Waals surface area (Å²) in [5, 5.41) is 0. The third-order valence-electron chi connectivity index (χ3n) is 4.27. The van der Waals surface area contributed by atoms with Crippen LogP contribution in [0, 0.1) is 0 Å². The second-order valence-corrected chi connectivity index (χ2v) is 13.7. The first-order chi connectivity index (χ1) is 11.0. The SMILES string of the molecule is C[Si](C)(C)c1sc2c(c1C(=O)OCc1ccccc1)CCCC2. The van der Waals surface area contributed by atoms with E-state index in [0.717, 1.165) is 24.0 Å². The lowest BCUT2D eigenvalue weighted by Crippen LogP contribution is -2.39. The number of esters is 1. The minimum atomic E-state index is -1.55. The van der Waals surface area contributed by atoms with Gasteiger partial charge in [0.05, 0.1) is 13.6 Å². The Morgan fingerprint density at radius 2 is 1.83 bits per heavy atom. The molecule has 0 spiro atoms. The van der Waals surface area contributed by atoms with Gasteiger partial charge in [0.25, 0.3) is 0 Å². The Hall–Kier alpha value is -1.39. The lowest BCUT2D eigenvalue weighted by Gasteiger charge is -2.17. The molecule has 0 saturated carbocycles. The van der Waals surface area contributed by atoms with E-state index < -0.39 is 8.07 Å². The van der Waals surface area contributed by atoms with E-state index in [1.165, 1.54) is 27.8 Å². The van der Waals surface area contributed by atoms with Crippen molar-refractivity contribution in [1.82, 2.24) is 0 Å². The van der Waals surface area contributed by atoms with E-state index in [1.54, 1.807) is 0 Å². The van der Waals surface area contributed by atoms with E-state index in [4.69, 9.17) is 4.74 Å². The van der Waals surface area contributed by atoms with Crippen molar-refractivity contribution in [3.05, 3.63) is 51.9 Å². The summed E-state index contributed by atoms with van der Waals surface area (Å²) < 4.78 is 6.99. The number of hydrogen-bond acceptors (Lipinski definition) is 3. The number of benzene rings is 1. The predicted octanol–water partition coefficient (Wildman–Crippen LogP) is 4.53. The summed E-state index contributed by atoms with van der Waals surface area (Å²) in [4.78, 5) is 14.3. The van der Waals surface area contributed by atoms with Crippen molar-refractivity contribution in [2.24, 2.45) is 0 Å². The molecule has 0 saturated heterocycles. The molecule has 0 amide bonds. The zero-order valence-electron chi connectivity index (χ0n) is 14.1. The van der Waals surface area contributed by atoms with Gasteiger partial charge in [0.2, 0.25) is 0 Å². The first kappa shape index (κ1) is 16.5. The molecule has 0 aliphatic heterocycles. The summed E-state index contributed by atoms with van der Waals surface area (Å²) in [6.07, 6.45) is 4.60. The summed E-state index contributed by atoms with van der Waals surface area (Å²) in [6, 6.07) is 9.92. The van der Waals surface area contributed by atoms with Gasteiger partial charge < -0.3 is 4.74 Å². The highest BCUT2D eigenvalue weighted by atomic mass is 32.1. The normalized spacial score (nSPS) is 14.4. The predicted molar refractivity (Wildman–Crippen MR) is 99.5 cm³/mol. The van der Waals surface area contributed by atoms with E-state index in [-0.39, 0.29) is 5.97 Å². The van der Waals surface area contributed by atoms with Gasteiger partial charge >= 0.3 is 5.97 Å². The molecule has 122 valence electrons. The Labute approximate surface area is 143 Å². The van der Waals surface area contributed by atoms with E-state index in [0.29, 0.717) is 6.61 Å². The van der Waals surface area contributed by atoms with Crippen LogP contribution in [0.25, 0.3) is 0 Å². The third-order valence-corrected chi connectivity index (χ3v) is 9.13. The summed E-state index contributed by atoms with van der Waals surface area (Å²) in [7, 11) is -1.55. The van der Waals surface area contributed by atoms with E-state index in [2.05, 4.69) is 19.6 Å². The maximum atomic E-state index is 12.8. The number of carbonyl (C=O) groups is 1. The van der Waals surface area contributed by atoms with Crippen LogP contribution in [0.3, 0.4) is 0 Å². The van der Waals surface area contributed by atoms with Gasteiger partial charge in [0, 0.05) is 9.38 Å². The van der Waals surface area contributed by atoms with Crippen molar-refractivity contribution in [1.29, 1.82) is 0 Å². The van der Waals surface area contributed by atoms with Gasteiger partial charge in [0.1, 0.15) is 6.61 Å². The number of thiophene rings is 1. The number of aryl methyl sites for hydroxylation is 1. The Balaban J connectivity index is 1.88. The average Bonchev–Trinajstić information content (AvgIpc) is 2.93. The smallest absolute Gasteiger partial charge is 0.339 e. The molecule has 4 heteroatoms. The van der Waals surface area contributed by atoms with Gasteiger partial charge in [0.15, 0.2) is 0 Å². The molecular formula is C19H24O2SSi. The van der Waals surface area contributed by atoms with Crippen LogP contribution < -0.4 is 4.50 Å². The minimum absolute atomic E-state index is 0.120. The third kappa shape index (κ3) is 3.59. The van der Waals surface area contributed by atoms with E-state index in [1.807, 2.05) is 41.7 Å². The van der Waals surface area contributed by atoms with Crippen LogP contribution in [0.4, 0.5) is 0 Å². The average molecular weight is 345 g/mol. The molecular weight excluding hydrogens is 320 g/mol. The molecule has 0 radical (unpaired) electrons.